The number of alkyl halides is 4. The van der Waals surface area contributed by atoms with Gasteiger partial charge in [-0.2, -0.15) is 13.2 Å². The van der Waals surface area contributed by atoms with Crippen LogP contribution in [0.25, 0.3) is 11.1 Å². The first-order chi connectivity index (χ1) is 19.0. The van der Waals surface area contributed by atoms with Gasteiger partial charge in [-0.1, -0.05) is 56.3 Å². The van der Waals surface area contributed by atoms with Gasteiger partial charge in [0.05, 0.1) is 28.3 Å². The number of aliphatic hydroxyl groups is 1. The van der Waals surface area contributed by atoms with E-state index in [4.69, 9.17) is 4.98 Å². The molecule has 5 rings (SSSR count). The average Bonchev–Trinajstić information content (AvgIpc) is 2.94. The maximum Gasteiger partial charge on any atom is 0.416 e. The molecule has 1 heterocycles. The van der Waals surface area contributed by atoms with E-state index in [9.17, 15) is 22.7 Å². The van der Waals surface area contributed by atoms with Gasteiger partial charge in [-0.25, -0.2) is 8.78 Å². The molecule has 0 saturated carbocycles. The van der Waals surface area contributed by atoms with Crippen LogP contribution in [-0.4, -0.2) is 10.1 Å². The third-order valence-electron chi connectivity index (χ3n) is 7.16. The Kier molecular flexibility index (Phi) is 8.02. The van der Waals surface area contributed by atoms with Gasteiger partial charge in [-0.05, 0) is 71.8 Å². The van der Waals surface area contributed by atoms with E-state index in [0.717, 1.165) is 29.2 Å². The maximum absolute atomic E-state index is 16.6. The van der Waals surface area contributed by atoms with Gasteiger partial charge in [0, 0.05) is 16.0 Å². The summed E-state index contributed by atoms with van der Waals surface area (Å²) < 4.78 is 70.1. The van der Waals surface area contributed by atoms with E-state index in [2.05, 4.69) is 0 Å². The Bertz CT molecular complexity index is 1470. The summed E-state index contributed by atoms with van der Waals surface area (Å²) in [5.74, 6) is -0.705. The molecule has 208 valence electrons. The summed E-state index contributed by atoms with van der Waals surface area (Å²) in [7, 11) is 0. The highest BCUT2D eigenvalue weighted by Crippen LogP contribution is 2.52. The molecule has 1 aliphatic carbocycles. The first-order valence-electron chi connectivity index (χ1n) is 13.1. The van der Waals surface area contributed by atoms with Crippen LogP contribution in [0.1, 0.15) is 83.8 Å². The summed E-state index contributed by atoms with van der Waals surface area (Å²) in [5.41, 5.74) is 1.89. The van der Waals surface area contributed by atoms with E-state index < -0.39 is 29.8 Å². The Hall–Kier alpha value is -3.23. The van der Waals surface area contributed by atoms with Crippen molar-refractivity contribution in [2.45, 2.75) is 61.2 Å². The minimum Gasteiger partial charge on any atom is -0.388 e. The van der Waals surface area contributed by atoms with E-state index >= 15 is 4.39 Å². The molecule has 2 nitrogen and oxygen atoms in total. The van der Waals surface area contributed by atoms with Crippen molar-refractivity contribution in [3.05, 3.63) is 118 Å². The number of pyridine rings is 1. The third kappa shape index (κ3) is 5.65. The summed E-state index contributed by atoms with van der Waals surface area (Å²) >= 11 is 1.62. The standard InChI is InChI=1S/C32H28F5NOS/c1-18(2)30-28(29(34)20-8-12-21(13-9-20)32(35,36)37)26(19-10-14-22(33)15-11-19)27-24(39)16-17-25(31(27)38-30)40-23-6-4-3-5-7-23/h3-15,18,24-25,29,39H,16-17H2,1-2H3. The topological polar surface area (TPSA) is 33.1 Å². The van der Waals surface area contributed by atoms with Crippen LogP contribution in [0.3, 0.4) is 0 Å². The minimum atomic E-state index is -4.55. The van der Waals surface area contributed by atoms with Gasteiger partial charge in [0.1, 0.15) is 5.82 Å². The summed E-state index contributed by atoms with van der Waals surface area (Å²) in [6.07, 6.45) is -6.24. The smallest absolute Gasteiger partial charge is 0.388 e. The predicted octanol–water partition coefficient (Wildman–Crippen LogP) is 9.75. The zero-order valence-electron chi connectivity index (χ0n) is 21.9. The fourth-order valence-electron chi connectivity index (χ4n) is 5.23. The molecule has 3 unspecified atom stereocenters. The van der Waals surface area contributed by atoms with Gasteiger partial charge in [-0.3, -0.25) is 4.98 Å². The predicted molar refractivity (Wildman–Crippen MR) is 147 cm³/mol. The molecule has 3 atom stereocenters. The number of hydrogen-bond donors (Lipinski definition) is 1. The quantitative estimate of drug-likeness (QED) is 0.235. The lowest BCUT2D eigenvalue weighted by atomic mass is 9.80. The van der Waals surface area contributed by atoms with Gasteiger partial charge >= 0.3 is 6.18 Å². The second-order valence-corrected chi connectivity index (χ2v) is 11.5. The number of nitrogens with zero attached hydrogens (tertiary/aromatic N) is 1. The molecule has 0 amide bonds. The molecule has 1 aromatic heterocycles. The molecular formula is C32H28F5NOS. The molecule has 0 fully saturated rings. The highest BCUT2D eigenvalue weighted by atomic mass is 32.2. The number of aromatic nitrogens is 1. The molecule has 1 aliphatic rings. The SMILES string of the molecule is CC(C)c1nc2c(c(-c3ccc(F)cc3)c1C(F)c1ccc(C(F)(F)F)cc1)C(O)CCC2Sc1ccccc1. The summed E-state index contributed by atoms with van der Waals surface area (Å²) in [6.45, 7) is 3.76. The third-order valence-corrected chi connectivity index (χ3v) is 8.45. The largest absolute Gasteiger partial charge is 0.416 e. The lowest BCUT2D eigenvalue weighted by Crippen LogP contribution is -2.20. The van der Waals surface area contributed by atoms with Crippen LogP contribution in [0.5, 0.6) is 0 Å². The van der Waals surface area contributed by atoms with Crippen LogP contribution in [0.4, 0.5) is 22.0 Å². The Morgan fingerprint density at radius 2 is 1.55 bits per heavy atom. The zero-order chi connectivity index (χ0) is 28.6. The molecule has 0 spiro atoms. The number of halogens is 5. The Balaban J connectivity index is 1.74. The van der Waals surface area contributed by atoms with Crippen LogP contribution < -0.4 is 0 Å². The van der Waals surface area contributed by atoms with Crippen LogP contribution >= 0.6 is 11.8 Å². The van der Waals surface area contributed by atoms with Crippen LogP contribution in [0, 0.1) is 5.82 Å². The fraction of sp³-hybridized carbons (Fsp3) is 0.281. The fourth-order valence-corrected chi connectivity index (χ4v) is 6.42. The maximum atomic E-state index is 16.6. The number of rotatable bonds is 6. The van der Waals surface area contributed by atoms with Crippen LogP contribution in [-0.2, 0) is 6.18 Å². The van der Waals surface area contributed by atoms with Crippen molar-refractivity contribution in [2.24, 2.45) is 0 Å². The molecule has 4 aromatic rings. The van der Waals surface area contributed by atoms with Crippen molar-refractivity contribution in [1.82, 2.24) is 4.98 Å². The van der Waals surface area contributed by atoms with Gasteiger partial charge < -0.3 is 5.11 Å². The molecule has 0 saturated heterocycles. The number of hydrogen-bond acceptors (Lipinski definition) is 3. The highest BCUT2D eigenvalue weighted by Gasteiger charge is 2.37. The molecule has 1 N–H and O–H groups in total. The number of aliphatic hydroxyl groups excluding tert-OH is 1. The minimum absolute atomic E-state index is 0.0421. The van der Waals surface area contributed by atoms with Gasteiger partial charge in [-0.15, -0.1) is 11.8 Å². The summed E-state index contributed by atoms with van der Waals surface area (Å²) in [4.78, 5) is 6.00. The summed E-state index contributed by atoms with van der Waals surface area (Å²) in [5, 5.41) is 11.2. The van der Waals surface area contributed by atoms with Crippen molar-refractivity contribution in [2.75, 3.05) is 0 Å². The lowest BCUT2D eigenvalue weighted by molar-refractivity contribution is -0.137. The van der Waals surface area contributed by atoms with Gasteiger partial charge in [0.2, 0.25) is 0 Å². The number of benzene rings is 3. The van der Waals surface area contributed by atoms with Crippen molar-refractivity contribution in [3.63, 3.8) is 0 Å². The van der Waals surface area contributed by atoms with Crippen molar-refractivity contribution in [3.8, 4) is 11.1 Å². The molecule has 3 aromatic carbocycles. The first-order valence-corrected chi connectivity index (χ1v) is 14.0. The van der Waals surface area contributed by atoms with Crippen molar-refractivity contribution >= 4 is 11.8 Å². The first kappa shape index (κ1) is 28.3. The molecule has 40 heavy (non-hydrogen) atoms. The van der Waals surface area contributed by atoms with E-state index in [1.54, 1.807) is 23.9 Å². The second-order valence-electron chi connectivity index (χ2n) is 10.2. The van der Waals surface area contributed by atoms with Crippen LogP contribution in [0.2, 0.25) is 0 Å². The number of fused-ring (bicyclic) bond motifs is 1. The molecule has 0 radical (unpaired) electrons. The van der Waals surface area contributed by atoms with Crippen LogP contribution in [0.15, 0.2) is 83.8 Å². The Morgan fingerprint density at radius 3 is 2.15 bits per heavy atom. The van der Waals surface area contributed by atoms with E-state index in [-0.39, 0.29) is 22.3 Å². The van der Waals surface area contributed by atoms with Gasteiger partial charge in [0.25, 0.3) is 0 Å². The van der Waals surface area contributed by atoms with E-state index in [0.29, 0.717) is 40.9 Å². The average molecular weight is 570 g/mol. The lowest BCUT2D eigenvalue weighted by Gasteiger charge is -2.33. The van der Waals surface area contributed by atoms with E-state index in [1.165, 1.54) is 12.1 Å². The summed E-state index contributed by atoms with van der Waals surface area (Å²) in [6, 6.07) is 19.4. The van der Waals surface area contributed by atoms with E-state index in [1.807, 2.05) is 44.2 Å². The zero-order valence-corrected chi connectivity index (χ0v) is 22.7. The van der Waals surface area contributed by atoms with Crippen molar-refractivity contribution < 1.29 is 27.1 Å². The monoisotopic (exact) mass is 569 g/mol. The second kappa shape index (κ2) is 11.3. The van der Waals surface area contributed by atoms with Gasteiger partial charge in [0.15, 0.2) is 6.17 Å². The number of thioether (sulfide) groups is 1. The Morgan fingerprint density at radius 1 is 0.900 bits per heavy atom. The molecule has 0 aliphatic heterocycles. The Labute approximate surface area is 234 Å². The molecule has 0 bridgehead atoms. The highest BCUT2D eigenvalue weighted by molar-refractivity contribution is 7.99. The normalized spacial score (nSPS) is 18.0. The molecule has 8 heteroatoms. The van der Waals surface area contributed by atoms with Crippen molar-refractivity contribution in [1.29, 1.82) is 0 Å². The molecular weight excluding hydrogens is 541 g/mol.